The van der Waals surface area contributed by atoms with Crippen LogP contribution in [-0.2, 0) is 10.2 Å². The molecule has 2 unspecified atom stereocenters. The molecule has 0 amide bonds. The Balaban J connectivity index is 1.68. The fraction of sp³-hybridized carbons (Fsp3) is 1.00. The largest absolute Gasteiger partial charge is 0.330 e. The second-order valence-electron chi connectivity index (χ2n) is 5.99. The van der Waals surface area contributed by atoms with E-state index in [1.165, 1.54) is 6.42 Å². The zero-order valence-corrected chi connectivity index (χ0v) is 11.6. The lowest BCUT2D eigenvalue weighted by Gasteiger charge is -2.36. The Morgan fingerprint density at radius 1 is 1.11 bits per heavy atom. The summed E-state index contributed by atoms with van der Waals surface area (Å²) in [6.45, 7) is 2.74. The molecule has 0 aromatic heterocycles. The summed E-state index contributed by atoms with van der Waals surface area (Å²) in [7, 11) is -3.20. The maximum Gasteiger partial charge on any atom is 0.282 e. The highest BCUT2D eigenvalue weighted by atomic mass is 32.2. The van der Waals surface area contributed by atoms with Crippen molar-refractivity contribution in [2.45, 2.75) is 38.1 Å². The number of rotatable bonds is 3. The summed E-state index contributed by atoms with van der Waals surface area (Å²) in [6, 6.07) is 0.284. The lowest BCUT2D eigenvalue weighted by molar-refractivity contribution is 0.244. The van der Waals surface area contributed by atoms with E-state index in [4.69, 9.17) is 5.73 Å². The number of piperidine rings is 2. The van der Waals surface area contributed by atoms with Gasteiger partial charge in [-0.25, -0.2) is 0 Å². The summed E-state index contributed by atoms with van der Waals surface area (Å²) in [5, 5.41) is 0. The molecule has 0 aromatic rings. The molecule has 0 radical (unpaired) electrons. The molecule has 2 saturated heterocycles. The normalized spacial score (nSPS) is 35.4. The van der Waals surface area contributed by atoms with Gasteiger partial charge in [-0.3, -0.25) is 0 Å². The second kappa shape index (κ2) is 4.74. The van der Waals surface area contributed by atoms with Gasteiger partial charge in [0.1, 0.15) is 0 Å². The minimum Gasteiger partial charge on any atom is -0.330 e. The van der Waals surface area contributed by atoms with Crippen LogP contribution >= 0.6 is 0 Å². The molecule has 2 heterocycles. The van der Waals surface area contributed by atoms with E-state index in [2.05, 4.69) is 0 Å². The summed E-state index contributed by atoms with van der Waals surface area (Å²) in [6.07, 6.45) is 5.18. The monoisotopic (exact) mass is 273 g/mol. The Bertz CT molecular complexity index is 404. The van der Waals surface area contributed by atoms with Crippen molar-refractivity contribution >= 4 is 10.2 Å². The summed E-state index contributed by atoms with van der Waals surface area (Å²) in [5.74, 6) is 1.12. The van der Waals surface area contributed by atoms with Gasteiger partial charge >= 0.3 is 0 Å². The maximum absolute atomic E-state index is 12.6. The van der Waals surface area contributed by atoms with Crippen molar-refractivity contribution < 1.29 is 8.42 Å². The third kappa shape index (κ3) is 2.09. The molecule has 0 spiro atoms. The summed E-state index contributed by atoms with van der Waals surface area (Å²) in [5.41, 5.74) is 5.65. The van der Waals surface area contributed by atoms with Gasteiger partial charge in [0.15, 0.2) is 0 Å². The molecule has 5 nitrogen and oxygen atoms in total. The van der Waals surface area contributed by atoms with Gasteiger partial charge in [-0.1, -0.05) is 0 Å². The van der Waals surface area contributed by atoms with E-state index in [9.17, 15) is 8.42 Å². The molecule has 3 fully saturated rings. The van der Waals surface area contributed by atoms with Crippen LogP contribution in [0.3, 0.4) is 0 Å². The van der Waals surface area contributed by atoms with E-state index in [1.807, 2.05) is 0 Å². The first-order valence-electron chi connectivity index (χ1n) is 7.08. The number of hydrogen-bond acceptors (Lipinski definition) is 3. The zero-order valence-electron chi connectivity index (χ0n) is 10.8. The van der Waals surface area contributed by atoms with Gasteiger partial charge in [0, 0.05) is 25.7 Å². The zero-order chi connectivity index (χ0) is 12.8. The molecular formula is C12H23N3O2S. The van der Waals surface area contributed by atoms with Crippen molar-refractivity contribution in [2.24, 2.45) is 17.6 Å². The van der Waals surface area contributed by atoms with E-state index in [0.29, 0.717) is 31.5 Å². The predicted octanol–water partition coefficient (Wildman–Crippen LogP) is 0.386. The van der Waals surface area contributed by atoms with E-state index in [1.54, 1.807) is 8.61 Å². The van der Waals surface area contributed by atoms with E-state index in [-0.39, 0.29) is 6.04 Å². The Kier molecular flexibility index (Phi) is 3.38. The summed E-state index contributed by atoms with van der Waals surface area (Å²) < 4.78 is 28.6. The first-order chi connectivity index (χ1) is 8.61. The molecule has 2 bridgehead atoms. The topological polar surface area (TPSA) is 66.6 Å². The lowest BCUT2D eigenvalue weighted by Crippen LogP contribution is -2.50. The van der Waals surface area contributed by atoms with Crippen LogP contribution in [-0.4, -0.2) is 49.2 Å². The second-order valence-corrected chi connectivity index (χ2v) is 7.87. The molecule has 6 heteroatoms. The molecule has 1 saturated carbocycles. The first kappa shape index (κ1) is 12.8. The lowest BCUT2D eigenvalue weighted by atomic mass is 9.99. The molecule has 2 aliphatic heterocycles. The average Bonchev–Trinajstić information content (AvgIpc) is 3.01. The van der Waals surface area contributed by atoms with Crippen molar-refractivity contribution in [2.75, 3.05) is 26.2 Å². The minimum absolute atomic E-state index is 0.284. The Morgan fingerprint density at radius 3 is 2.33 bits per heavy atom. The van der Waals surface area contributed by atoms with Crippen molar-refractivity contribution in [1.82, 2.24) is 8.61 Å². The van der Waals surface area contributed by atoms with Gasteiger partial charge in [0.25, 0.3) is 10.2 Å². The molecular weight excluding hydrogens is 250 g/mol. The van der Waals surface area contributed by atoms with E-state index in [0.717, 1.165) is 32.2 Å². The standard InChI is InChI=1S/C12H23N3O2S/c13-8-10-3-5-14(6-4-10)18(16,17)15-9-11-1-2-12(15)7-11/h10-12H,1-9,13H2. The molecule has 104 valence electrons. The Hall–Kier alpha value is -0.170. The molecule has 2 N–H and O–H groups in total. The quantitative estimate of drug-likeness (QED) is 0.808. The Morgan fingerprint density at radius 2 is 1.83 bits per heavy atom. The van der Waals surface area contributed by atoms with Gasteiger partial charge in [0.05, 0.1) is 0 Å². The highest BCUT2D eigenvalue weighted by Crippen LogP contribution is 2.40. The third-order valence-electron chi connectivity index (χ3n) is 4.89. The number of nitrogens with two attached hydrogens (primary N) is 1. The van der Waals surface area contributed by atoms with Crippen LogP contribution in [0.15, 0.2) is 0 Å². The van der Waals surface area contributed by atoms with Crippen molar-refractivity contribution in [3.05, 3.63) is 0 Å². The molecule has 2 atom stereocenters. The smallest absolute Gasteiger partial charge is 0.282 e. The van der Waals surface area contributed by atoms with Crippen molar-refractivity contribution in [3.8, 4) is 0 Å². The van der Waals surface area contributed by atoms with Crippen LogP contribution in [0.5, 0.6) is 0 Å². The molecule has 18 heavy (non-hydrogen) atoms. The highest BCUT2D eigenvalue weighted by Gasteiger charge is 2.46. The van der Waals surface area contributed by atoms with Gasteiger partial charge in [-0.2, -0.15) is 17.0 Å². The van der Waals surface area contributed by atoms with Crippen molar-refractivity contribution in [1.29, 1.82) is 0 Å². The fourth-order valence-electron chi connectivity index (χ4n) is 3.69. The van der Waals surface area contributed by atoms with E-state index >= 15 is 0 Å². The van der Waals surface area contributed by atoms with Crippen LogP contribution in [0.1, 0.15) is 32.1 Å². The SMILES string of the molecule is NCC1CCN(S(=O)(=O)N2CC3CCC2C3)CC1. The van der Waals surface area contributed by atoms with Gasteiger partial charge < -0.3 is 5.73 Å². The van der Waals surface area contributed by atoms with Crippen LogP contribution in [0.2, 0.25) is 0 Å². The molecule has 3 rings (SSSR count). The predicted molar refractivity (Wildman–Crippen MR) is 70.1 cm³/mol. The number of fused-ring (bicyclic) bond motifs is 2. The molecule has 1 aliphatic carbocycles. The van der Waals surface area contributed by atoms with Gasteiger partial charge in [0.2, 0.25) is 0 Å². The van der Waals surface area contributed by atoms with E-state index < -0.39 is 10.2 Å². The Labute approximate surface area is 109 Å². The summed E-state index contributed by atoms with van der Waals surface area (Å²) >= 11 is 0. The van der Waals surface area contributed by atoms with Gasteiger partial charge in [-0.15, -0.1) is 0 Å². The fourth-order valence-corrected chi connectivity index (χ4v) is 5.62. The molecule has 3 aliphatic rings. The van der Waals surface area contributed by atoms with Crippen molar-refractivity contribution in [3.63, 3.8) is 0 Å². The van der Waals surface area contributed by atoms with Crippen LogP contribution in [0.25, 0.3) is 0 Å². The average molecular weight is 273 g/mol. The van der Waals surface area contributed by atoms with Gasteiger partial charge in [-0.05, 0) is 50.5 Å². The minimum atomic E-state index is -3.20. The number of nitrogens with zero attached hydrogens (tertiary/aromatic N) is 2. The summed E-state index contributed by atoms with van der Waals surface area (Å²) in [4.78, 5) is 0. The molecule has 0 aromatic carbocycles. The number of hydrogen-bond donors (Lipinski definition) is 1. The van der Waals surface area contributed by atoms with Crippen LogP contribution < -0.4 is 5.73 Å². The van der Waals surface area contributed by atoms with Crippen LogP contribution in [0, 0.1) is 11.8 Å². The maximum atomic E-state index is 12.6. The van der Waals surface area contributed by atoms with Crippen LogP contribution in [0.4, 0.5) is 0 Å². The highest BCUT2D eigenvalue weighted by molar-refractivity contribution is 7.86. The first-order valence-corrected chi connectivity index (χ1v) is 8.48. The third-order valence-corrected chi connectivity index (χ3v) is 6.95.